The normalized spacial score (nSPS) is 18.3. The molecule has 1 aromatic rings. The molecule has 0 spiro atoms. The van der Waals surface area contributed by atoms with E-state index in [-0.39, 0.29) is 10.7 Å². The largest absolute Gasteiger partial charge is 0.382 e. The molecule has 2 nitrogen and oxygen atoms in total. The van der Waals surface area contributed by atoms with E-state index in [0.717, 1.165) is 18.5 Å². The molecular weight excluding hydrogens is 213 g/mol. The molecule has 0 radical (unpaired) electrons. The number of hydrogen-bond acceptors (Lipinski definition) is 2. The Labute approximate surface area is 91.3 Å². The summed E-state index contributed by atoms with van der Waals surface area (Å²) in [6, 6.07) is 5.29. The molecule has 1 fully saturated rings. The fourth-order valence-electron chi connectivity index (χ4n) is 1.61. The molecule has 1 unspecified atom stereocenters. The van der Waals surface area contributed by atoms with Gasteiger partial charge in [-0.1, -0.05) is 0 Å². The molecule has 82 valence electrons. The lowest BCUT2D eigenvalue weighted by atomic mass is 9.93. The Morgan fingerprint density at radius 1 is 1.47 bits per heavy atom. The van der Waals surface area contributed by atoms with Crippen LogP contribution in [0.1, 0.15) is 19.3 Å². The predicted molar refractivity (Wildman–Crippen MR) is 60.0 cm³/mol. The van der Waals surface area contributed by atoms with Crippen LogP contribution in [-0.4, -0.2) is 16.5 Å². The molecule has 1 aliphatic carbocycles. The number of anilines is 1. The third-order valence-electron chi connectivity index (χ3n) is 2.72. The molecule has 15 heavy (non-hydrogen) atoms. The van der Waals surface area contributed by atoms with E-state index in [1.54, 1.807) is 12.1 Å². The van der Waals surface area contributed by atoms with Crippen LogP contribution in [0.25, 0.3) is 0 Å². The van der Waals surface area contributed by atoms with Gasteiger partial charge < -0.3 is 5.32 Å². The molecule has 1 aliphatic rings. The van der Waals surface area contributed by atoms with Gasteiger partial charge in [0.2, 0.25) is 0 Å². The molecule has 1 saturated carbocycles. The summed E-state index contributed by atoms with van der Waals surface area (Å²) in [5, 5.41) is 3.25. The SMILES string of the molecule is CS(=O)c1ccc(NC2CCC2)cc1F. The van der Waals surface area contributed by atoms with Crippen molar-refractivity contribution in [2.45, 2.75) is 30.2 Å². The van der Waals surface area contributed by atoms with Crippen molar-refractivity contribution in [2.75, 3.05) is 11.6 Å². The molecule has 1 aromatic carbocycles. The van der Waals surface area contributed by atoms with E-state index in [9.17, 15) is 8.60 Å². The standard InChI is InChI=1S/C11H14FNOS/c1-15(14)11-6-5-9(7-10(11)12)13-8-3-2-4-8/h5-8,13H,2-4H2,1H3. The van der Waals surface area contributed by atoms with Gasteiger partial charge in [-0.25, -0.2) is 4.39 Å². The summed E-state index contributed by atoms with van der Waals surface area (Å²) < 4.78 is 24.6. The van der Waals surface area contributed by atoms with Crippen LogP contribution in [0.3, 0.4) is 0 Å². The van der Waals surface area contributed by atoms with Gasteiger partial charge in [0.1, 0.15) is 5.82 Å². The Hall–Kier alpha value is -0.900. The minimum absolute atomic E-state index is 0.272. The molecule has 1 N–H and O–H groups in total. The highest BCUT2D eigenvalue weighted by Crippen LogP contribution is 2.24. The highest BCUT2D eigenvalue weighted by atomic mass is 32.2. The van der Waals surface area contributed by atoms with Gasteiger partial charge in [0.05, 0.1) is 15.7 Å². The monoisotopic (exact) mass is 227 g/mol. The smallest absolute Gasteiger partial charge is 0.141 e. The minimum Gasteiger partial charge on any atom is -0.382 e. The molecule has 2 rings (SSSR count). The van der Waals surface area contributed by atoms with Crippen molar-refractivity contribution in [2.24, 2.45) is 0 Å². The second kappa shape index (κ2) is 4.31. The van der Waals surface area contributed by atoms with Gasteiger partial charge in [0.15, 0.2) is 0 Å². The first kappa shape index (κ1) is 10.6. The van der Waals surface area contributed by atoms with Crippen LogP contribution in [0, 0.1) is 5.82 Å². The van der Waals surface area contributed by atoms with E-state index in [1.807, 2.05) is 0 Å². The Balaban J connectivity index is 2.13. The maximum Gasteiger partial charge on any atom is 0.141 e. The van der Waals surface area contributed by atoms with Gasteiger partial charge in [-0.3, -0.25) is 4.21 Å². The molecule has 0 saturated heterocycles. The second-order valence-corrected chi connectivity index (χ2v) is 5.22. The zero-order valence-corrected chi connectivity index (χ0v) is 9.44. The van der Waals surface area contributed by atoms with Gasteiger partial charge in [0, 0.05) is 18.0 Å². The molecule has 0 heterocycles. The minimum atomic E-state index is -1.25. The van der Waals surface area contributed by atoms with Gasteiger partial charge in [0.25, 0.3) is 0 Å². The van der Waals surface area contributed by atoms with Crippen LogP contribution >= 0.6 is 0 Å². The molecule has 0 bridgehead atoms. The lowest BCUT2D eigenvalue weighted by Gasteiger charge is -2.27. The van der Waals surface area contributed by atoms with Crippen molar-refractivity contribution in [3.8, 4) is 0 Å². The quantitative estimate of drug-likeness (QED) is 0.859. The fraction of sp³-hybridized carbons (Fsp3) is 0.455. The van der Waals surface area contributed by atoms with Gasteiger partial charge >= 0.3 is 0 Å². The molecule has 1 atom stereocenters. The van der Waals surface area contributed by atoms with E-state index < -0.39 is 10.8 Å². The van der Waals surface area contributed by atoms with Crippen LogP contribution in [-0.2, 0) is 10.8 Å². The van der Waals surface area contributed by atoms with E-state index in [4.69, 9.17) is 0 Å². The number of rotatable bonds is 3. The molecule has 0 aliphatic heterocycles. The third kappa shape index (κ3) is 2.37. The summed E-state index contributed by atoms with van der Waals surface area (Å²) in [5.74, 6) is -0.389. The van der Waals surface area contributed by atoms with E-state index >= 15 is 0 Å². The van der Waals surface area contributed by atoms with E-state index in [2.05, 4.69) is 5.32 Å². The Kier molecular flexibility index (Phi) is 3.05. The van der Waals surface area contributed by atoms with Crippen molar-refractivity contribution < 1.29 is 8.60 Å². The van der Waals surface area contributed by atoms with Crippen LogP contribution in [0.2, 0.25) is 0 Å². The fourth-order valence-corrected chi connectivity index (χ4v) is 2.21. The van der Waals surface area contributed by atoms with E-state index in [1.165, 1.54) is 18.7 Å². The Bertz CT molecular complexity index is 390. The van der Waals surface area contributed by atoms with Gasteiger partial charge in [-0.2, -0.15) is 0 Å². The summed E-state index contributed by atoms with van der Waals surface area (Å²) in [6.45, 7) is 0. The lowest BCUT2D eigenvalue weighted by molar-refractivity contribution is 0.445. The maximum atomic E-state index is 13.4. The summed E-state index contributed by atoms with van der Waals surface area (Å²) in [4.78, 5) is 0.272. The maximum absolute atomic E-state index is 13.4. The third-order valence-corrected chi connectivity index (χ3v) is 3.67. The Morgan fingerprint density at radius 3 is 2.67 bits per heavy atom. The van der Waals surface area contributed by atoms with Crippen molar-refractivity contribution in [1.82, 2.24) is 0 Å². The van der Waals surface area contributed by atoms with Gasteiger partial charge in [-0.15, -0.1) is 0 Å². The van der Waals surface area contributed by atoms with Crippen LogP contribution in [0.15, 0.2) is 23.1 Å². The summed E-state index contributed by atoms with van der Waals surface area (Å²) in [6.07, 6.45) is 5.04. The van der Waals surface area contributed by atoms with E-state index in [0.29, 0.717) is 6.04 Å². The second-order valence-electron chi connectivity index (χ2n) is 3.87. The van der Waals surface area contributed by atoms with Crippen LogP contribution < -0.4 is 5.32 Å². The molecule has 0 aromatic heterocycles. The highest BCUT2D eigenvalue weighted by Gasteiger charge is 2.17. The summed E-state index contributed by atoms with van der Waals surface area (Å²) in [7, 11) is -1.25. The predicted octanol–water partition coefficient (Wildman–Crippen LogP) is 2.53. The van der Waals surface area contributed by atoms with Crippen molar-refractivity contribution >= 4 is 16.5 Å². The summed E-state index contributed by atoms with van der Waals surface area (Å²) >= 11 is 0. The van der Waals surface area contributed by atoms with Crippen molar-refractivity contribution in [3.05, 3.63) is 24.0 Å². The lowest BCUT2D eigenvalue weighted by Crippen LogP contribution is -2.26. The molecule has 0 amide bonds. The number of benzene rings is 1. The topological polar surface area (TPSA) is 29.1 Å². The first-order valence-corrected chi connectivity index (χ1v) is 6.62. The Morgan fingerprint density at radius 2 is 2.20 bits per heavy atom. The molecule has 4 heteroatoms. The van der Waals surface area contributed by atoms with Crippen molar-refractivity contribution in [3.63, 3.8) is 0 Å². The van der Waals surface area contributed by atoms with Crippen LogP contribution in [0.4, 0.5) is 10.1 Å². The summed E-state index contributed by atoms with van der Waals surface area (Å²) in [5.41, 5.74) is 0.784. The number of hydrogen-bond donors (Lipinski definition) is 1. The van der Waals surface area contributed by atoms with Gasteiger partial charge in [-0.05, 0) is 37.5 Å². The van der Waals surface area contributed by atoms with Crippen molar-refractivity contribution in [1.29, 1.82) is 0 Å². The average molecular weight is 227 g/mol. The highest BCUT2D eigenvalue weighted by molar-refractivity contribution is 7.84. The zero-order chi connectivity index (χ0) is 10.8. The van der Waals surface area contributed by atoms with Crippen LogP contribution in [0.5, 0.6) is 0 Å². The first-order chi connectivity index (χ1) is 7.16. The average Bonchev–Trinajstić information content (AvgIpc) is 2.11. The molecular formula is C11H14FNOS. The number of nitrogens with one attached hydrogen (secondary N) is 1. The zero-order valence-electron chi connectivity index (χ0n) is 8.63. The number of halogens is 1. The first-order valence-electron chi connectivity index (χ1n) is 5.06.